The Labute approximate surface area is 536 Å². The quantitative estimate of drug-likeness (QED) is 0.129. The van der Waals surface area contributed by atoms with Gasteiger partial charge in [0.2, 0.25) is 0 Å². The molecule has 18 aromatic rings. The molecule has 0 saturated carbocycles. The van der Waals surface area contributed by atoms with Crippen molar-refractivity contribution in [3.8, 4) is 107 Å². The SMILES string of the molecule is c1ccc(-c2cc(-c3ccccc3)nc(-c3cc(-c4cccc(-n5c6ccccc6c6ccccc65)c4)c(-n4c5ccccc5c5cc(-c6nc(-c7ccccc7)nc(-c7ccccc7)n6)ccc54)c(-c4cccc(-n5c6ccccc6c6ccccc65)c4)c3)n2)cc1. The average molecular weight is 1190 g/mol. The number of nitrogens with zero attached hydrogens (tertiary/aromatic N) is 8. The van der Waals surface area contributed by atoms with E-state index in [1.165, 1.54) is 21.5 Å². The van der Waals surface area contributed by atoms with Crippen LogP contribution in [0.5, 0.6) is 0 Å². The van der Waals surface area contributed by atoms with E-state index in [1.807, 2.05) is 48.5 Å². The molecule has 8 heteroatoms. The highest BCUT2D eigenvalue weighted by atomic mass is 15.0. The summed E-state index contributed by atoms with van der Waals surface area (Å²) in [5.74, 6) is 2.41. The van der Waals surface area contributed by atoms with Crippen molar-refractivity contribution in [3.05, 3.63) is 328 Å². The molecular weight excluding hydrogens is 1130 g/mol. The predicted octanol–water partition coefficient (Wildman–Crippen LogP) is 21.3. The van der Waals surface area contributed by atoms with Crippen LogP contribution in [-0.4, -0.2) is 38.6 Å². The Balaban J connectivity index is 0.949. The van der Waals surface area contributed by atoms with Crippen LogP contribution < -0.4 is 0 Å². The Bertz CT molecular complexity index is 5530. The van der Waals surface area contributed by atoms with E-state index in [4.69, 9.17) is 24.9 Å². The molecule has 0 radical (unpaired) electrons. The van der Waals surface area contributed by atoms with E-state index < -0.39 is 0 Å². The number of hydrogen-bond donors (Lipinski definition) is 0. The highest BCUT2D eigenvalue weighted by Crippen LogP contribution is 2.46. The van der Waals surface area contributed by atoms with Crippen LogP contribution in [0.3, 0.4) is 0 Å². The van der Waals surface area contributed by atoms with E-state index in [0.717, 1.165) is 128 Å². The largest absolute Gasteiger partial charge is 0.309 e. The zero-order valence-electron chi connectivity index (χ0n) is 50.3. The fourth-order valence-electron chi connectivity index (χ4n) is 13.9. The molecule has 434 valence electrons. The van der Waals surface area contributed by atoms with Gasteiger partial charge in [0.15, 0.2) is 23.3 Å². The molecule has 0 atom stereocenters. The van der Waals surface area contributed by atoms with Crippen molar-refractivity contribution in [3.63, 3.8) is 0 Å². The lowest BCUT2D eigenvalue weighted by Gasteiger charge is -2.22. The van der Waals surface area contributed by atoms with Gasteiger partial charge in [0.05, 0.1) is 50.2 Å². The molecule has 5 heterocycles. The molecule has 8 nitrogen and oxygen atoms in total. The second kappa shape index (κ2) is 22.1. The second-order valence-corrected chi connectivity index (χ2v) is 23.6. The van der Waals surface area contributed by atoms with Crippen LogP contribution in [-0.2, 0) is 0 Å². The van der Waals surface area contributed by atoms with Gasteiger partial charge in [-0.3, -0.25) is 0 Å². The summed E-state index contributed by atoms with van der Waals surface area (Å²) in [6.07, 6.45) is 0. The van der Waals surface area contributed by atoms with Crippen molar-refractivity contribution >= 4 is 65.4 Å². The van der Waals surface area contributed by atoms with Crippen LogP contribution in [0.1, 0.15) is 0 Å². The number of aromatic nitrogens is 8. The van der Waals surface area contributed by atoms with Gasteiger partial charge in [0.25, 0.3) is 0 Å². The van der Waals surface area contributed by atoms with Gasteiger partial charge in [-0.1, -0.05) is 237 Å². The zero-order chi connectivity index (χ0) is 61.3. The van der Waals surface area contributed by atoms with Gasteiger partial charge in [-0.15, -0.1) is 0 Å². The maximum atomic E-state index is 5.56. The van der Waals surface area contributed by atoms with Crippen LogP contribution in [0.4, 0.5) is 0 Å². The molecule has 0 unspecified atom stereocenters. The van der Waals surface area contributed by atoms with E-state index in [0.29, 0.717) is 23.3 Å². The number of fused-ring (bicyclic) bond motifs is 9. The normalized spacial score (nSPS) is 11.7. The van der Waals surface area contributed by atoms with E-state index in [2.05, 4.69) is 293 Å². The summed E-state index contributed by atoms with van der Waals surface area (Å²) in [4.78, 5) is 26.7. The third-order valence-corrected chi connectivity index (χ3v) is 18.1. The minimum atomic E-state index is 0.587. The molecule has 93 heavy (non-hydrogen) atoms. The lowest BCUT2D eigenvalue weighted by Crippen LogP contribution is -2.04. The topological polar surface area (TPSA) is 79.2 Å². The molecular formula is C85H54N8. The second-order valence-electron chi connectivity index (χ2n) is 23.6. The maximum absolute atomic E-state index is 5.56. The van der Waals surface area contributed by atoms with Crippen molar-refractivity contribution in [1.82, 2.24) is 38.6 Å². The van der Waals surface area contributed by atoms with Crippen molar-refractivity contribution in [1.29, 1.82) is 0 Å². The Morgan fingerprint density at radius 1 is 0.183 bits per heavy atom. The average Bonchev–Trinajstić information content (AvgIpc) is 0.954. The molecule has 0 bridgehead atoms. The summed E-state index contributed by atoms with van der Waals surface area (Å²) in [6, 6.07) is 116. The van der Waals surface area contributed by atoms with Crippen LogP contribution in [0.15, 0.2) is 328 Å². The van der Waals surface area contributed by atoms with Gasteiger partial charge in [-0.05, 0) is 102 Å². The minimum absolute atomic E-state index is 0.587. The van der Waals surface area contributed by atoms with E-state index in [-0.39, 0.29) is 0 Å². The highest BCUT2D eigenvalue weighted by molar-refractivity contribution is 6.13. The molecule has 0 aliphatic heterocycles. The number of para-hydroxylation sites is 5. The molecule has 0 aliphatic carbocycles. The summed E-state index contributed by atoms with van der Waals surface area (Å²) in [7, 11) is 0. The monoisotopic (exact) mass is 1190 g/mol. The molecule has 18 rings (SSSR count). The zero-order valence-corrected chi connectivity index (χ0v) is 50.3. The van der Waals surface area contributed by atoms with Gasteiger partial charge < -0.3 is 13.7 Å². The van der Waals surface area contributed by atoms with Gasteiger partial charge in [-0.25, -0.2) is 24.9 Å². The highest BCUT2D eigenvalue weighted by Gasteiger charge is 2.26. The molecule has 13 aromatic carbocycles. The maximum Gasteiger partial charge on any atom is 0.164 e. The molecule has 0 N–H and O–H groups in total. The fourth-order valence-corrected chi connectivity index (χ4v) is 13.9. The van der Waals surface area contributed by atoms with Crippen molar-refractivity contribution < 1.29 is 0 Å². The third kappa shape index (κ3) is 9.18. The summed E-state index contributed by atoms with van der Waals surface area (Å²) in [5, 5.41) is 6.93. The summed E-state index contributed by atoms with van der Waals surface area (Å²) >= 11 is 0. The molecule has 5 aromatic heterocycles. The summed E-state index contributed by atoms with van der Waals surface area (Å²) in [6.45, 7) is 0. The van der Waals surface area contributed by atoms with E-state index in [9.17, 15) is 0 Å². The van der Waals surface area contributed by atoms with Gasteiger partial charge >= 0.3 is 0 Å². The third-order valence-electron chi connectivity index (χ3n) is 18.1. The molecule has 0 saturated heterocycles. The number of hydrogen-bond acceptors (Lipinski definition) is 5. The van der Waals surface area contributed by atoms with Crippen molar-refractivity contribution in [2.24, 2.45) is 0 Å². The Kier molecular flexibility index (Phi) is 12.7. The standard InChI is InChI=1S/C85H54N8/c1-5-25-55(26-6-1)73-54-74(56-27-7-2-8-28-56)87-85(86-73)62-52-70(59-33-23-35-63(49-59)91-75-42-18-13-37-65(75)66-38-14-19-43-76(66)91)81(71(53-62)60-34-24-36-64(50-60)92-77-44-20-15-39-67(77)68-40-16-21-45-78(68)92)93-79-46-22-17-41-69(79)72-51-61(47-48-80(72)93)84-89-82(57-29-9-3-10-30-57)88-83(90-84)58-31-11-4-12-32-58/h1-54H. The summed E-state index contributed by atoms with van der Waals surface area (Å²) in [5.41, 5.74) is 20.9. The first-order valence-electron chi connectivity index (χ1n) is 31.4. The Morgan fingerprint density at radius 3 is 0.925 bits per heavy atom. The van der Waals surface area contributed by atoms with Gasteiger partial charge in [0, 0.05) is 88.2 Å². The molecule has 0 spiro atoms. The van der Waals surface area contributed by atoms with E-state index >= 15 is 0 Å². The number of rotatable bonds is 11. The van der Waals surface area contributed by atoms with Crippen LogP contribution >= 0.6 is 0 Å². The minimum Gasteiger partial charge on any atom is -0.309 e. The Morgan fingerprint density at radius 2 is 0.505 bits per heavy atom. The smallest absolute Gasteiger partial charge is 0.164 e. The summed E-state index contributed by atoms with van der Waals surface area (Å²) < 4.78 is 7.29. The predicted molar refractivity (Wildman–Crippen MR) is 382 cm³/mol. The lowest BCUT2D eigenvalue weighted by molar-refractivity contribution is 1.07. The molecule has 0 amide bonds. The van der Waals surface area contributed by atoms with Crippen molar-refractivity contribution in [2.75, 3.05) is 0 Å². The van der Waals surface area contributed by atoms with Crippen LogP contribution in [0, 0.1) is 0 Å². The van der Waals surface area contributed by atoms with Gasteiger partial charge in [-0.2, -0.15) is 0 Å². The first-order valence-corrected chi connectivity index (χ1v) is 31.4. The van der Waals surface area contributed by atoms with Crippen molar-refractivity contribution in [2.45, 2.75) is 0 Å². The van der Waals surface area contributed by atoms with Crippen LogP contribution in [0.2, 0.25) is 0 Å². The first kappa shape index (κ1) is 53.4. The lowest BCUT2D eigenvalue weighted by atomic mass is 9.91. The van der Waals surface area contributed by atoms with Gasteiger partial charge in [0.1, 0.15) is 0 Å². The van der Waals surface area contributed by atoms with Crippen LogP contribution in [0.25, 0.3) is 173 Å². The van der Waals surface area contributed by atoms with E-state index in [1.54, 1.807) is 0 Å². The molecule has 0 aliphatic rings. The fraction of sp³-hybridized carbons (Fsp3) is 0. The number of benzene rings is 13. The Hall–Kier alpha value is -12.7. The molecule has 0 fully saturated rings. The first-order chi connectivity index (χ1) is 46.1.